The van der Waals surface area contributed by atoms with Crippen molar-refractivity contribution in [1.29, 1.82) is 0 Å². The summed E-state index contributed by atoms with van der Waals surface area (Å²) in [6.45, 7) is 2.76. The molecule has 0 radical (unpaired) electrons. The van der Waals surface area contributed by atoms with Crippen LogP contribution in [0.25, 0.3) is 0 Å². The molecule has 0 aromatic heterocycles. The Labute approximate surface area is 217 Å². The molecule has 0 bridgehead atoms. The van der Waals surface area contributed by atoms with E-state index in [1.165, 1.54) is 0 Å². The largest absolute Gasteiger partial charge is 0.477 e. The van der Waals surface area contributed by atoms with Gasteiger partial charge >= 0.3 is 0 Å². The van der Waals surface area contributed by atoms with E-state index in [0.29, 0.717) is 37.4 Å². The summed E-state index contributed by atoms with van der Waals surface area (Å²) in [6, 6.07) is 23.3. The van der Waals surface area contributed by atoms with Gasteiger partial charge in [-0.2, -0.15) is 0 Å². The molecular formula is C28H31N3O5S. The number of aryl methyl sites for hydroxylation is 1. The molecule has 2 N–H and O–H groups in total. The molecule has 194 valence electrons. The van der Waals surface area contributed by atoms with Gasteiger partial charge in [-0.25, -0.2) is 13.1 Å². The smallest absolute Gasteiger partial charge is 0.263 e. The molecule has 2 amide bonds. The van der Waals surface area contributed by atoms with Crippen LogP contribution in [0.2, 0.25) is 0 Å². The molecule has 3 aromatic rings. The second-order valence-corrected chi connectivity index (χ2v) is 10.6. The van der Waals surface area contributed by atoms with Crippen molar-refractivity contribution < 1.29 is 22.7 Å². The molecule has 0 saturated carbocycles. The van der Waals surface area contributed by atoms with Gasteiger partial charge in [-0.15, -0.1) is 0 Å². The molecule has 9 heteroatoms. The zero-order valence-corrected chi connectivity index (χ0v) is 21.5. The van der Waals surface area contributed by atoms with Crippen molar-refractivity contribution in [3.63, 3.8) is 0 Å². The fourth-order valence-corrected chi connectivity index (χ4v) is 5.18. The summed E-state index contributed by atoms with van der Waals surface area (Å²) in [5, 5.41) is 2.89. The average molecular weight is 522 g/mol. The van der Waals surface area contributed by atoms with Gasteiger partial charge in [-0.1, -0.05) is 61.5 Å². The Morgan fingerprint density at radius 2 is 1.65 bits per heavy atom. The van der Waals surface area contributed by atoms with Crippen molar-refractivity contribution in [3.05, 3.63) is 90.0 Å². The molecule has 8 nitrogen and oxygen atoms in total. The quantitative estimate of drug-likeness (QED) is 0.425. The fourth-order valence-electron chi connectivity index (χ4n) is 4.05. The fraction of sp³-hybridized carbons (Fsp3) is 0.286. The number of carbonyl (C=O) groups excluding carboxylic acids is 2. The van der Waals surface area contributed by atoms with Crippen LogP contribution in [0.15, 0.2) is 83.8 Å². The highest BCUT2D eigenvalue weighted by molar-refractivity contribution is 7.89. The first-order chi connectivity index (χ1) is 17.9. The van der Waals surface area contributed by atoms with Gasteiger partial charge in [0.25, 0.3) is 5.91 Å². The number of nitrogens with one attached hydrogen (secondary N) is 2. The molecule has 0 fully saturated rings. The molecule has 3 aromatic carbocycles. The zero-order valence-electron chi connectivity index (χ0n) is 20.7. The number of anilines is 1. The van der Waals surface area contributed by atoms with Crippen LogP contribution in [0.4, 0.5) is 5.69 Å². The van der Waals surface area contributed by atoms with Crippen molar-refractivity contribution in [1.82, 2.24) is 10.0 Å². The monoisotopic (exact) mass is 521 g/mol. The van der Waals surface area contributed by atoms with E-state index in [0.717, 1.165) is 11.1 Å². The average Bonchev–Trinajstić information content (AvgIpc) is 2.93. The van der Waals surface area contributed by atoms with E-state index in [9.17, 15) is 18.0 Å². The highest BCUT2D eigenvalue weighted by Crippen LogP contribution is 2.33. The highest BCUT2D eigenvalue weighted by atomic mass is 32.2. The number of amides is 2. The lowest BCUT2D eigenvalue weighted by molar-refractivity contribution is -0.128. The third kappa shape index (κ3) is 6.75. The van der Waals surface area contributed by atoms with Gasteiger partial charge in [-0.3, -0.25) is 9.59 Å². The number of sulfonamides is 1. The number of hydrogen-bond acceptors (Lipinski definition) is 5. The molecule has 0 unspecified atom stereocenters. The van der Waals surface area contributed by atoms with Gasteiger partial charge in [0, 0.05) is 19.5 Å². The number of benzene rings is 3. The minimum atomic E-state index is -3.53. The molecular weight excluding hydrogens is 490 g/mol. The summed E-state index contributed by atoms with van der Waals surface area (Å²) in [5.41, 5.74) is 2.45. The number of carbonyl (C=O) groups is 2. The Morgan fingerprint density at radius 1 is 0.946 bits per heavy atom. The van der Waals surface area contributed by atoms with Crippen LogP contribution in [0.1, 0.15) is 30.9 Å². The maximum Gasteiger partial charge on any atom is 0.263 e. The summed E-state index contributed by atoms with van der Waals surface area (Å²) < 4.78 is 33.1. The van der Waals surface area contributed by atoms with Crippen LogP contribution in [-0.4, -0.2) is 39.4 Å². The maximum atomic E-state index is 13.3. The van der Waals surface area contributed by atoms with Crippen molar-refractivity contribution in [3.8, 4) is 5.75 Å². The molecule has 0 aliphatic carbocycles. The van der Waals surface area contributed by atoms with Crippen molar-refractivity contribution in [2.24, 2.45) is 0 Å². The van der Waals surface area contributed by atoms with E-state index < -0.39 is 16.1 Å². The van der Waals surface area contributed by atoms with Gasteiger partial charge in [0.15, 0.2) is 6.10 Å². The molecule has 0 saturated heterocycles. The second-order valence-electron chi connectivity index (χ2n) is 8.82. The number of ether oxygens (including phenoxy) is 1. The topological polar surface area (TPSA) is 105 Å². The molecule has 1 aliphatic heterocycles. The van der Waals surface area contributed by atoms with Gasteiger partial charge in [0.2, 0.25) is 15.9 Å². The lowest BCUT2D eigenvalue weighted by Crippen LogP contribution is -2.50. The Kier molecular flexibility index (Phi) is 8.58. The molecule has 1 heterocycles. The minimum absolute atomic E-state index is 0.108. The third-order valence-electron chi connectivity index (χ3n) is 6.08. The SMILES string of the molecule is CCCNS(=O)(=O)c1ccc(CCC(=O)N2C[C@H](C(=O)NCc3ccccc3)Oc3ccccc32)cc1. The number of nitrogens with zero attached hydrogens (tertiary/aromatic N) is 1. The third-order valence-corrected chi connectivity index (χ3v) is 7.56. The van der Waals surface area contributed by atoms with Gasteiger partial charge in [0.1, 0.15) is 5.75 Å². The molecule has 4 rings (SSSR count). The lowest BCUT2D eigenvalue weighted by Gasteiger charge is -2.34. The maximum absolute atomic E-state index is 13.3. The number of para-hydroxylation sites is 2. The summed E-state index contributed by atoms with van der Waals surface area (Å²) in [6.07, 6.45) is 0.515. The number of fused-ring (bicyclic) bond motifs is 1. The van der Waals surface area contributed by atoms with E-state index in [4.69, 9.17) is 4.74 Å². The predicted octanol–water partition coefficient (Wildman–Crippen LogP) is 3.42. The van der Waals surface area contributed by atoms with Crippen molar-refractivity contribution in [2.75, 3.05) is 18.0 Å². The predicted molar refractivity (Wildman–Crippen MR) is 142 cm³/mol. The Morgan fingerprint density at radius 3 is 2.38 bits per heavy atom. The first-order valence-corrected chi connectivity index (χ1v) is 13.8. The number of hydrogen-bond donors (Lipinski definition) is 2. The minimum Gasteiger partial charge on any atom is -0.477 e. The molecule has 0 spiro atoms. The van der Waals surface area contributed by atoms with E-state index in [1.807, 2.05) is 43.3 Å². The van der Waals surface area contributed by atoms with Crippen molar-refractivity contribution >= 4 is 27.5 Å². The van der Waals surface area contributed by atoms with Crippen LogP contribution < -0.4 is 19.7 Å². The van der Waals surface area contributed by atoms with Crippen LogP contribution >= 0.6 is 0 Å². The number of rotatable bonds is 10. The van der Waals surface area contributed by atoms with Gasteiger partial charge in [-0.05, 0) is 48.2 Å². The molecule has 1 atom stereocenters. The molecule has 37 heavy (non-hydrogen) atoms. The van der Waals surface area contributed by atoms with Crippen LogP contribution in [-0.2, 0) is 32.6 Å². The standard InChI is InChI=1S/C28H31N3O5S/c1-2-18-30-37(34,35)23-15-12-21(13-16-23)14-17-27(32)31-20-26(36-25-11-7-6-10-24(25)31)28(33)29-19-22-8-4-3-5-9-22/h3-13,15-16,26,30H,2,14,17-20H2,1H3,(H,29,33)/t26-/m1/s1. The Balaban J connectivity index is 1.40. The van der Waals surface area contributed by atoms with E-state index in [2.05, 4.69) is 10.0 Å². The summed E-state index contributed by atoms with van der Waals surface area (Å²) in [7, 11) is -3.53. The Bertz CT molecular complexity index is 1330. The van der Waals surface area contributed by atoms with E-state index in [-0.39, 0.29) is 29.7 Å². The second kappa shape index (κ2) is 12.0. The van der Waals surface area contributed by atoms with E-state index >= 15 is 0 Å². The Hall–Kier alpha value is -3.69. The molecule has 1 aliphatic rings. The van der Waals surface area contributed by atoms with E-state index in [1.54, 1.807) is 47.4 Å². The highest BCUT2D eigenvalue weighted by Gasteiger charge is 2.33. The first-order valence-electron chi connectivity index (χ1n) is 12.3. The summed E-state index contributed by atoms with van der Waals surface area (Å²) in [4.78, 5) is 27.9. The van der Waals surface area contributed by atoms with Gasteiger partial charge in [0.05, 0.1) is 17.1 Å². The first kappa shape index (κ1) is 26.4. The van der Waals surface area contributed by atoms with Crippen molar-refractivity contribution in [2.45, 2.75) is 43.7 Å². The summed E-state index contributed by atoms with van der Waals surface area (Å²) in [5.74, 6) is 0.0543. The lowest BCUT2D eigenvalue weighted by atomic mass is 10.1. The normalized spacial score (nSPS) is 14.9. The van der Waals surface area contributed by atoms with Gasteiger partial charge < -0.3 is 15.0 Å². The van der Waals surface area contributed by atoms with Crippen LogP contribution in [0.3, 0.4) is 0 Å². The summed E-state index contributed by atoms with van der Waals surface area (Å²) >= 11 is 0. The zero-order chi connectivity index (χ0) is 26.3. The van der Waals surface area contributed by atoms with Crippen LogP contribution in [0, 0.1) is 0 Å². The van der Waals surface area contributed by atoms with Crippen LogP contribution in [0.5, 0.6) is 5.75 Å².